The average Bonchev–Trinajstić information content (AvgIpc) is 2.99. The van der Waals surface area contributed by atoms with Gasteiger partial charge in [0.05, 0.1) is 34.3 Å². The summed E-state index contributed by atoms with van der Waals surface area (Å²) < 4.78 is 110. The van der Waals surface area contributed by atoms with Crippen molar-refractivity contribution in [1.82, 2.24) is 4.98 Å². The van der Waals surface area contributed by atoms with Gasteiger partial charge in [0.1, 0.15) is 17.3 Å². The van der Waals surface area contributed by atoms with Crippen molar-refractivity contribution in [3.8, 4) is 11.8 Å². The van der Waals surface area contributed by atoms with Crippen LogP contribution in [0.15, 0.2) is 59.5 Å². The maximum atomic E-state index is 13.7. The molecule has 3 aromatic rings. The van der Waals surface area contributed by atoms with E-state index in [0.717, 1.165) is 40.7 Å². The fourth-order valence-corrected chi connectivity index (χ4v) is 5.15. The summed E-state index contributed by atoms with van der Waals surface area (Å²) in [6, 6.07) is 11.8. The number of nitriles is 1. The van der Waals surface area contributed by atoms with Crippen molar-refractivity contribution in [3.63, 3.8) is 0 Å². The number of nitrogens with zero attached hydrogens (tertiary/aromatic N) is 3. The Hall–Kier alpha value is -3.99. The summed E-state index contributed by atoms with van der Waals surface area (Å²) in [6.07, 6.45) is -9.73. The molecule has 0 radical (unpaired) electrons. The smallest absolute Gasteiger partial charge is 0.406 e. The highest BCUT2D eigenvalue weighted by atomic mass is 32.2. The van der Waals surface area contributed by atoms with Gasteiger partial charge in [-0.1, -0.05) is 12.1 Å². The summed E-state index contributed by atoms with van der Waals surface area (Å²) in [4.78, 5) is 3.24. The third-order valence-corrected chi connectivity index (χ3v) is 7.52. The molecule has 0 bridgehead atoms. The highest BCUT2D eigenvalue weighted by Gasteiger charge is 2.36. The molecule has 200 valence electrons. The molecule has 1 aliphatic rings. The van der Waals surface area contributed by atoms with Crippen molar-refractivity contribution in [2.24, 2.45) is 0 Å². The second kappa shape index (κ2) is 9.09. The molecule has 1 aromatic heterocycles. The fraction of sp³-hybridized carbons (Fsp3) is 0.250. The molecule has 1 aliphatic heterocycles. The summed E-state index contributed by atoms with van der Waals surface area (Å²) in [7, 11) is -4.49. The van der Waals surface area contributed by atoms with Gasteiger partial charge in [-0.15, -0.1) is 13.2 Å². The molecule has 0 fully saturated rings. The zero-order valence-corrected chi connectivity index (χ0v) is 20.5. The molecule has 4 rings (SSSR count). The van der Waals surface area contributed by atoms with Crippen LogP contribution in [0.25, 0.3) is 0 Å². The van der Waals surface area contributed by atoms with Crippen molar-refractivity contribution in [1.29, 1.82) is 5.26 Å². The molecule has 1 N–H and O–H groups in total. The number of anilines is 3. The van der Waals surface area contributed by atoms with Crippen LogP contribution >= 0.6 is 0 Å². The molecular formula is C24H18F6N4O3S. The van der Waals surface area contributed by atoms with Crippen LogP contribution in [0.4, 0.5) is 43.5 Å². The average molecular weight is 556 g/mol. The number of rotatable bonds is 4. The van der Waals surface area contributed by atoms with E-state index in [2.05, 4.69) is 21.1 Å². The number of sulfonamides is 1. The summed E-state index contributed by atoms with van der Waals surface area (Å²) in [5.41, 5.74) is -1.62. The second-order valence-electron chi connectivity index (χ2n) is 8.83. The Morgan fingerprint density at radius 2 is 1.66 bits per heavy atom. The molecule has 2 aromatic carbocycles. The SMILES string of the molecule is CC(C)(C#N)c1ccc2c(c1)N(S(=O)(=O)c1ccc(OC(F)(F)F)cc1)Cc1ccc(C(F)(F)F)nc1N2. The summed E-state index contributed by atoms with van der Waals surface area (Å²) in [6.45, 7) is 2.74. The third kappa shape index (κ3) is 5.33. The minimum absolute atomic E-state index is 0.00741. The largest absolute Gasteiger partial charge is 0.573 e. The predicted molar refractivity (Wildman–Crippen MR) is 124 cm³/mol. The first kappa shape index (κ1) is 27.1. The number of benzene rings is 2. The van der Waals surface area contributed by atoms with Gasteiger partial charge < -0.3 is 10.1 Å². The van der Waals surface area contributed by atoms with Crippen LogP contribution in [0.3, 0.4) is 0 Å². The zero-order valence-electron chi connectivity index (χ0n) is 19.6. The van der Waals surface area contributed by atoms with Gasteiger partial charge >= 0.3 is 12.5 Å². The van der Waals surface area contributed by atoms with Crippen LogP contribution in [-0.4, -0.2) is 19.8 Å². The van der Waals surface area contributed by atoms with E-state index in [1.165, 1.54) is 18.2 Å². The lowest BCUT2D eigenvalue weighted by atomic mass is 9.86. The van der Waals surface area contributed by atoms with Gasteiger partial charge in [-0.2, -0.15) is 18.4 Å². The van der Waals surface area contributed by atoms with Crippen LogP contribution < -0.4 is 14.4 Å². The Morgan fingerprint density at radius 3 is 2.24 bits per heavy atom. The van der Waals surface area contributed by atoms with Crippen LogP contribution in [0.1, 0.15) is 30.7 Å². The van der Waals surface area contributed by atoms with E-state index in [0.29, 0.717) is 5.56 Å². The first-order chi connectivity index (χ1) is 17.5. The predicted octanol–water partition coefficient (Wildman–Crippen LogP) is 6.25. The van der Waals surface area contributed by atoms with Crippen LogP contribution in [0.5, 0.6) is 5.75 Å². The number of halogens is 6. The van der Waals surface area contributed by atoms with Gasteiger partial charge in [0, 0.05) is 5.56 Å². The lowest BCUT2D eigenvalue weighted by molar-refractivity contribution is -0.274. The highest BCUT2D eigenvalue weighted by Crippen LogP contribution is 2.42. The Labute approximate surface area is 213 Å². The number of alkyl halides is 6. The molecular weight excluding hydrogens is 538 g/mol. The van der Waals surface area contributed by atoms with Crippen molar-refractivity contribution < 1.29 is 39.5 Å². The van der Waals surface area contributed by atoms with Crippen LogP contribution in [0.2, 0.25) is 0 Å². The van der Waals surface area contributed by atoms with Crippen molar-refractivity contribution in [3.05, 3.63) is 71.4 Å². The summed E-state index contributed by atoms with van der Waals surface area (Å²) in [5, 5.41) is 12.3. The highest BCUT2D eigenvalue weighted by molar-refractivity contribution is 7.92. The second-order valence-corrected chi connectivity index (χ2v) is 10.7. The normalized spacial score (nSPS) is 14.0. The maximum Gasteiger partial charge on any atom is 0.573 e. The van der Waals surface area contributed by atoms with Crippen LogP contribution in [-0.2, 0) is 28.2 Å². The monoisotopic (exact) mass is 556 g/mol. The maximum absolute atomic E-state index is 13.7. The molecule has 0 saturated heterocycles. The summed E-state index contributed by atoms with van der Waals surface area (Å²) >= 11 is 0. The minimum atomic E-state index is -4.98. The molecule has 0 atom stereocenters. The lowest BCUT2D eigenvalue weighted by Gasteiger charge is -2.26. The van der Waals surface area contributed by atoms with Crippen LogP contribution in [0, 0.1) is 11.3 Å². The Kier molecular flexibility index (Phi) is 6.47. The van der Waals surface area contributed by atoms with Crippen molar-refractivity contribution >= 4 is 27.2 Å². The standard InChI is InChI=1S/C24H18F6N4O3S/c1-22(2,13-31)15-4-9-18-19(11-15)34(12-14-3-10-20(23(25,26)27)33-21(14)32-18)38(35,36)17-7-5-16(6-8-17)37-24(28,29)30/h3-11H,12H2,1-2H3,(H,32,33). The number of aromatic nitrogens is 1. The van der Waals surface area contributed by atoms with Gasteiger partial charge in [-0.05, 0) is 61.9 Å². The number of hydrogen-bond donors (Lipinski definition) is 1. The molecule has 0 aliphatic carbocycles. The Morgan fingerprint density at radius 1 is 1.00 bits per heavy atom. The van der Waals surface area contributed by atoms with Gasteiger partial charge in [-0.3, -0.25) is 4.31 Å². The number of fused-ring (bicyclic) bond motifs is 2. The van der Waals surface area contributed by atoms with E-state index < -0.39 is 50.9 Å². The quantitative estimate of drug-likeness (QED) is 0.382. The summed E-state index contributed by atoms with van der Waals surface area (Å²) in [5.74, 6) is -0.860. The van der Waals surface area contributed by atoms with Crippen molar-refractivity contribution in [2.75, 3.05) is 9.62 Å². The molecule has 0 amide bonds. The molecule has 0 saturated carbocycles. The zero-order chi connectivity index (χ0) is 28.1. The van der Waals surface area contributed by atoms with E-state index in [1.54, 1.807) is 13.8 Å². The van der Waals surface area contributed by atoms with E-state index >= 15 is 0 Å². The van der Waals surface area contributed by atoms with Gasteiger partial charge in [0.2, 0.25) is 0 Å². The molecule has 0 unspecified atom stereocenters. The number of pyridine rings is 1. The molecule has 0 spiro atoms. The minimum Gasteiger partial charge on any atom is -0.406 e. The topological polar surface area (TPSA) is 95.3 Å². The lowest BCUT2D eigenvalue weighted by Crippen LogP contribution is -2.30. The van der Waals surface area contributed by atoms with Gasteiger partial charge in [-0.25, -0.2) is 13.4 Å². The van der Waals surface area contributed by atoms with Gasteiger partial charge in [0.15, 0.2) is 0 Å². The van der Waals surface area contributed by atoms with E-state index in [4.69, 9.17) is 0 Å². The first-order valence-corrected chi connectivity index (χ1v) is 12.2. The molecule has 38 heavy (non-hydrogen) atoms. The van der Waals surface area contributed by atoms with E-state index in [9.17, 15) is 40.0 Å². The Bertz CT molecular complexity index is 1530. The molecule has 14 heteroatoms. The number of nitrogens with one attached hydrogen (secondary N) is 1. The van der Waals surface area contributed by atoms with Crippen molar-refractivity contribution in [2.45, 2.75) is 43.2 Å². The van der Waals surface area contributed by atoms with Gasteiger partial charge in [0.25, 0.3) is 10.0 Å². The van der Waals surface area contributed by atoms with E-state index in [-0.39, 0.29) is 22.8 Å². The molecule has 2 heterocycles. The number of hydrogen-bond acceptors (Lipinski definition) is 6. The van der Waals surface area contributed by atoms with E-state index in [1.807, 2.05) is 0 Å². The molecule has 7 nitrogen and oxygen atoms in total. The fourth-order valence-electron chi connectivity index (χ4n) is 3.70. The first-order valence-electron chi connectivity index (χ1n) is 10.8. The Balaban J connectivity index is 1.87. The third-order valence-electron chi connectivity index (χ3n) is 5.75. The number of ether oxygens (including phenoxy) is 1.